The van der Waals surface area contributed by atoms with E-state index in [4.69, 9.17) is 19.3 Å². The van der Waals surface area contributed by atoms with Gasteiger partial charge in [0.15, 0.2) is 5.78 Å². The van der Waals surface area contributed by atoms with Crippen LogP contribution in [-0.4, -0.2) is 127 Å². The highest BCUT2D eigenvalue weighted by Gasteiger charge is 2.43. The summed E-state index contributed by atoms with van der Waals surface area (Å²) >= 11 is 0. The van der Waals surface area contributed by atoms with Gasteiger partial charge in [-0.25, -0.2) is 0 Å². The Morgan fingerprint density at radius 2 is 1.40 bits per heavy atom. The number of carbonyl (C=O) groups excluding carboxylic acids is 5. The Labute approximate surface area is 401 Å². The zero-order chi connectivity index (χ0) is 49.8. The summed E-state index contributed by atoms with van der Waals surface area (Å²) in [7, 11) is 6.81. The molecule has 1 saturated heterocycles. The second-order valence-electron chi connectivity index (χ2n) is 19.6. The molecule has 2 amide bonds. The normalized spacial score (nSPS) is 17.6. The Bertz CT molecular complexity index is 1840. The fraction of sp³-hybridized carbons (Fsp3) is 0.667. The fourth-order valence-electron chi connectivity index (χ4n) is 10.0. The maximum atomic E-state index is 14.6. The van der Waals surface area contributed by atoms with Gasteiger partial charge in [0.1, 0.15) is 12.4 Å². The standard InChI is InChI=1S/C54H83N3O10/c1-12-38(6)51(56(9)53(63)43(36(2)3)33-46(59)50(37(4)5)55(8)29-21-15-20-28-49(61)62)47(65-10)34-48(60)57-30-22-27-44(57)52(66-11)39(7)45(58)32-42(31-40-23-16-13-17-24-40)54(64)67-35-41-25-18-14-19-26-41/h13-14,16-19,23-26,36-39,42-44,47,50-52H,12,15,20-22,27-35H2,1-11H3,(H,61,62)/t38-,39-,42+,43-,44-,47+,50-,51-,52+/m0/s1. The van der Waals surface area contributed by atoms with Crippen LogP contribution in [0, 0.1) is 35.5 Å². The van der Waals surface area contributed by atoms with Crippen LogP contribution in [0.2, 0.25) is 0 Å². The Hall–Kier alpha value is -4.46. The summed E-state index contributed by atoms with van der Waals surface area (Å²) in [6.07, 6.45) is 3.42. The maximum Gasteiger partial charge on any atom is 0.310 e. The van der Waals surface area contributed by atoms with Crippen LogP contribution in [0.5, 0.6) is 0 Å². The summed E-state index contributed by atoms with van der Waals surface area (Å²) < 4.78 is 17.9. The number of Topliss-reactive ketones (excluding diaryl/α,β-unsaturated/α-hetero) is 2. The van der Waals surface area contributed by atoms with Crippen molar-refractivity contribution in [3.63, 3.8) is 0 Å². The van der Waals surface area contributed by atoms with E-state index >= 15 is 0 Å². The summed E-state index contributed by atoms with van der Waals surface area (Å²) in [4.78, 5) is 87.5. The summed E-state index contributed by atoms with van der Waals surface area (Å²) in [6, 6.07) is 17.8. The summed E-state index contributed by atoms with van der Waals surface area (Å²) in [6.45, 7) is 15.1. The van der Waals surface area contributed by atoms with Crippen LogP contribution in [0.15, 0.2) is 60.7 Å². The minimum Gasteiger partial charge on any atom is -0.481 e. The third kappa shape index (κ3) is 17.2. The molecule has 1 heterocycles. The van der Waals surface area contributed by atoms with Gasteiger partial charge in [-0.05, 0) is 74.6 Å². The predicted octanol–water partition coefficient (Wildman–Crippen LogP) is 8.30. The second kappa shape index (κ2) is 28.8. The van der Waals surface area contributed by atoms with Gasteiger partial charge >= 0.3 is 11.9 Å². The van der Waals surface area contributed by atoms with Crippen molar-refractivity contribution in [2.24, 2.45) is 35.5 Å². The molecule has 2 aromatic carbocycles. The number of likely N-dealkylation sites (tertiary alicyclic amines) is 1. The first-order valence-corrected chi connectivity index (χ1v) is 24.7. The molecule has 1 aliphatic rings. The lowest BCUT2D eigenvalue weighted by Gasteiger charge is -2.41. The first-order chi connectivity index (χ1) is 31.9. The van der Waals surface area contributed by atoms with Crippen molar-refractivity contribution in [3.8, 4) is 0 Å². The molecule has 13 heteroatoms. The SMILES string of the molecule is CC[C@H](C)[C@@H]([C@@H](CC(=O)N1CCC[C@H]1[C@H](OC)[C@@H](C)C(=O)C[C@@H](Cc1ccccc1)C(=O)OCc1ccccc1)OC)N(C)C(=O)[C@@H](CC(=O)[C@H](C(C)C)N(C)CCCCCC(=O)O)C(C)C. The van der Waals surface area contributed by atoms with Gasteiger partial charge in [-0.2, -0.15) is 0 Å². The van der Waals surface area contributed by atoms with E-state index in [1.165, 1.54) is 0 Å². The number of methoxy groups -OCH3 is 2. The molecule has 0 bridgehead atoms. The molecular formula is C54H83N3O10. The van der Waals surface area contributed by atoms with Gasteiger partial charge < -0.3 is 29.1 Å². The van der Waals surface area contributed by atoms with Gasteiger partial charge in [0, 0.05) is 58.9 Å². The largest absolute Gasteiger partial charge is 0.481 e. The number of ether oxygens (including phenoxy) is 3. The van der Waals surface area contributed by atoms with E-state index in [1.807, 2.05) is 114 Å². The van der Waals surface area contributed by atoms with Crippen LogP contribution in [0.1, 0.15) is 124 Å². The molecular weight excluding hydrogens is 851 g/mol. The van der Waals surface area contributed by atoms with E-state index in [0.29, 0.717) is 32.4 Å². The number of aliphatic carboxylic acids is 1. The maximum absolute atomic E-state index is 14.6. The number of rotatable bonds is 31. The van der Waals surface area contributed by atoms with Gasteiger partial charge in [0.05, 0.1) is 42.7 Å². The van der Waals surface area contributed by atoms with E-state index in [-0.39, 0.29) is 79.5 Å². The van der Waals surface area contributed by atoms with Gasteiger partial charge in [0.2, 0.25) is 11.8 Å². The molecule has 0 radical (unpaired) electrons. The molecule has 0 saturated carbocycles. The monoisotopic (exact) mass is 934 g/mol. The lowest BCUT2D eigenvalue weighted by Crippen LogP contribution is -2.54. The molecule has 3 rings (SSSR count). The summed E-state index contributed by atoms with van der Waals surface area (Å²) in [5.74, 6) is -3.83. The number of amides is 2. The number of carboxylic acid groups (broad SMARTS) is 1. The number of nitrogens with zero attached hydrogens (tertiary/aromatic N) is 3. The molecule has 0 spiro atoms. The van der Waals surface area contributed by atoms with E-state index in [9.17, 15) is 28.8 Å². The van der Waals surface area contributed by atoms with Crippen molar-refractivity contribution in [2.75, 3.05) is 41.4 Å². The summed E-state index contributed by atoms with van der Waals surface area (Å²) in [5, 5.41) is 9.00. The van der Waals surface area contributed by atoms with Crippen LogP contribution in [-0.2, 0) is 56.0 Å². The molecule has 1 aliphatic heterocycles. The smallest absolute Gasteiger partial charge is 0.310 e. The van der Waals surface area contributed by atoms with Crippen molar-refractivity contribution < 1.29 is 48.1 Å². The Kier molecular flexibility index (Phi) is 24.4. The van der Waals surface area contributed by atoms with Crippen molar-refractivity contribution in [1.82, 2.24) is 14.7 Å². The van der Waals surface area contributed by atoms with Crippen LogP contribution in [0.3, 0.4) is 0 Å². The third-order valence-corrected chi connectivity index (χ3v) is 14.1. The molecule has 1 fully saturated rings. The molecule has 13 nitrogen and oxygen atoms in total. The molecule has 0 unspecified atom stereocenters. The third-order valence-electron chi connectivity index (χ3n) is 14.1. The number of carbonyl (C=O) groups is 6. The van der Waals surface area contributed by atoms with Gasteiger partial charge in [0.25, 0.3) is 0 Å². The lowest BCUT2D eigenvalue weighted by molar-refractivity contribution is -0.152. The Balaban J connectivity index is 1.77. The highest BCUT2D eigenvalue weighted by Crippen LogP contribution is 2.32. The molecule has 0 aromatic heterocycles. The topological polar surface area (TPSA) is 160 Å². The summed E-state index contributed by atoms with van der Waals surface area (Å²) in [5.41, 5.74) is 1.78. The number of hydrogen-bond acceptors (Lipinski definition) is 10. The molecule has 1 N–H and O–H groups in total. The average molecular weight is 934 g/mol. The Morgan fingerprint density at radius 3 is 1.96 bits per heavy atom. The molecule has 67 heavy (non-hydrogen) atoms. The first kappa shape index (κ1) is 56.9. The molecule has 9 atom stereocenters. The van der Waals surface area contributed by atoms with E-state index in [1.54, 1.807) is 31.1 Å². The number of carboxylic acids is 1. The second-order valence-corrected chi connectivity index (χ2v) is 19.6. The highest BCUT2D eigenvalue weighted by molar-refractivity contribution is 5.90. The number of likely N-dealkylation sites (N-methyl/N-ethyl adjacent to an activating group) is 2. The van der Waals surface area contributed by atoms with Gasteiger partial charge in [-0.1, -0.05) is 122 Å². The van der Waals surface area contributed by atoms with E-state index in [2.05, 4.69) is 6.92 Å². The fourth-order valence-corrected chi connectivity index (χ4v) is 10.0. The highest BCUT2D eigenvalue weighted by atomic mass is 16.5. The van der Waals surface area contributed by atoms with Crippen molar-refractivity contribution in [1.29, 1.82) is 0 Å². The molecule has 0 aliphatic carbocycles. The minimum absolute atomic E-state index is 0.00256. The number of benzene rings is 2. The van der Waals surface area contributed by atoms with Crippen molar-refractivity contribution in [3.05, 3.63) is 71.8 Å². The Morgan fingerprint density at radius 1 is 0.776 bits per heavy atom. The number of unbranched alkanes of at least 4 members (excludes halogenated alkanes) is 2. The zero-order valence-corrected chi connectivity index (χ0v) is 42.5. The minimum atomic E-state index is -0.811. The predicted molar refractivity (Wildman–Crippen MR) is 261 cm³/mol. The molecule has 374 valence electrons. The number of esters is 1. The van der Waals surface area contributed by atoms with Crippen LogP contribution in [0.25, 0.3) is 0 Å². The van der Waals surface area contributed by atoms with Crippen molar-refractivity contribution in [2.45, 2.75) is 156 Å². The zero-order valence-electron chi connectivity index (χ0n) is 42.5. The van der Waals surface area contributed by atoms with Crippen LogP contribution < -0.4 is 0 Å². The van der Waals surface area contributed by atoms with Crippen LogP contribution >= 0.6 is 0 Å². The van der Waals surface area contributed by atoms with Gasteiger partial charge in [-0.3, -0.25) is 33.7 Å². The first-order valence-electron chi connectivity index (χ1n) is 24.7. The van der Waals surface area contributed by atoms with E-state index < -0.39 is 54.0 Å². The van der Waals surface area contributed by atoms with E-state index in [0.717, 1.165) is 36.8 Å². The number of hydrogen-bond donors (Lipinski definition) is 1. The van der Waals surface area contributed by atoms with Crippen LogP contribution in [0.4, 0.5) is 0 Å². The molecule has 2 aromatic rings. The quantitative estimate of drug-likeness (QED) is 0.0573. The van der Waals surface area contributed by atoms with Crippen molar-refractivity contribution >= 4 is 35.3 Å². The van der Waals surface area contributed by atoms with Gasteiger partial charge in [-0.15, -0.1) is 0 Å². The number of ketones is 2. The lowest BCUT2D eigenvalue weighted by atomic mass is 9.83. The average Bonchev–Trinajstić information content (AvgIpc) is 3.79.